The smallest absolute Gasteiger partial charge is 0.308 e. The van der Waals surface area contributed by atoms with Crippen molar-refractivity contribution in [2.24, 2.45) is 0 Å². The number of halogens is 3. The lowest BCUT2D eigenvalue weighted by Crippen LogP contribution is -2.28. The van der Waals surface area contributed by atoms with Crippen molar-refractivity contribution in [1.82, 2.24) is 15.5 Å². The third-order valence-electron chi connectivity index (χ3n) is 3.95. The fourth-order valence-corrected chi connectivity index (χ4v) is 3.12. The minimum atomic E-state index is -0.655. The Morgan fingerprint density at radius 3 is 2.57 bits per heavy atom. The Balaban J connectivity index is 1.42. The van der Waals surface area contributed by atoms with Gasteiger partial charge in [0, 0.05) is 11.9 Å². The van der Waals surface area contributed by atoms with Gasteiger partial charge in [-0.15, -0.1) is 0 Å². The summed E-state index contributed by atoms with van der Waals surface area (Å²) >= 11 is 17.7. The monoisotopic (exact) mass is 468 g/mol. The lowest BCUT2D eigenvalue weighted by Gasteiger charge is -2.09. The SMILES string of the molecule is O=C(COC(=O)CCNC(=O)c1n[nH]c2ccccc12)Nc1cc(Cl)c(Cl)cc1Cl. The number of ether oxygens (including phenoxy) is 1. The van der Waals surface area contributed by atoms with Crippen molar-refractivity contribution in [3.05, 3.63) is 57.2 Å². The minimum absolute atomic E-state index is 0.0269. The van der Waals surface area contributed by atoms with E-state index in [1.54, 1.807) is 18.2 Å². The molecule has 3 aromatic rings. The zero-order chi connectivity index (χ0) is 21.7. The van der Waals surface area contributed by atoms with Gasteiger partial charge in [0.1, 0.15) is 0 Å². The molecule has 0 atom stereocenters. The van der Waals surface area contributed by atoms with Crippen LogP contribution in [0.4, 0.5) is 5.69 Å². The average Bonchev–Trinajstić information content (AvgIpc) is 3.14. The minimum Gasteiger partial charge on any atom is -0.456 e. The van der Waals surface area contributed by atoms with Gasteiger partial charge in [0.2, 0.25) is 0 Å². The summed E-state index contributed by atoms with van der Waals surface area (Å²) in [5, 5.41) is 13.1. The van der Waals surface area contributed by atoms with E-state index >= 15 is 0 Å². The average molecular weight is 470 g/mol. The maximum atomic E-state index is 12.2. The van der Waals surface area contributed by atoms with Crippen LogP contribution < -0.4 is 10.6 Å². The first-order valence-corrected chi connectivity index (χ1v) is 9.80. The van der Waals surface area contributed by atoms with E-state index in [0.717, 1.165) is 5.52 Å². The van der Waals surface area contributed by atoms with Gasteiger partial charge in [-0.05, 0) is 18.2 Å². The van der Waals surface area contributed by atoms with Crippen molar-refractivity contribution in [3.63, 3.8) is 0 Å². The number of amides is 2. The molecule has 1 aromatic heterocycles. The van der Waals surface area contributed by atoms with Gasteiger partial charge >= 0.3 is 5.97 Å². The molecular formula is C19H15Cl3N4O4. The van der Waals surface area contributed by atoms with Gasteiger partial charge < -0.3 is 15.4 Å². The van der Waals surface area contributed by atoms with Gasteiger partial charge in [-0.1, -0.05) is 53.0 Å². The molecule has 3 N–H and O–H groups in total. The van der Waals surface area contributed by atoms with Crippen LogP contribution in [0.3, 0.4) is 0 Å². The van der Waals surface area contributed by atoms with Crippen LogP contribution in [0.5, 0.6) is 0 Å². The Labute approximate surface area is 185 Å². The topological polar surface area (TPSA) is 113 Å². The number of nitrogens with one attached hydrogen (secondary N) is 3. The molecule has 0 aliphatic carbocycles. The molecule has 1 heterocycles. The second kappa shape index (κ2) is 9.80. The van der Waals surface area contributed by atoms with Crippen molar-refractivity contribution < 1.29 is 19.1 Å². The van der Waals surface area contributed by atoms with Gasteiger partial charge in [0.25, 0.3) is 11.8 Å². The maximum absolute atomic E-state index is 12.2. The van der Waals surface area contributed by atoms with E-state index in [4.69, 9.17) is 39.5 Å². The van der Waals surface area contributed by atoms with Crippen LogP contribution in [0.25, 0.3) is 10.9 Å². The molecular weight excluding hydrogens is 455 g/mol. The second-order valence-electron chi connectivity index (χ2n) is 6.08. The Hall–Kier alpha value is -2.81. The standard InChI is InChI=1S/C19H15Cl3N4O4/c20-11-7-13(22)15(8-12(11)21)24-16(27)9-30-17(28)5-6-23-19(29)18-10-3-1-2-4-14(10)25-26-18/h1-4,7-8H,5-6,9H2,(H,23,29)(H,24,27)(H,25,26). The largest absolute Gasteiger partial charge is 0.456 e. The molecule has 0 radical (unpaired) electrons. The second-order valence-corrected chi connectivity index (χ2v) is 7.30. The summed E-state index contributed by atoms with van der Waals surface area (Å²) in [4.78, 5) is 35.9. The van der Waals surface area contributed by atoms with E-state index in [2.05, 4.69) is 20.8 Å². The van der Waals surface area contributed by atoms with Crippen LogP contribution in [0.15, 0.2) is 36.4 Å². The predicted molar refractivity (Wildman–Crippen MR) is 114 cm³/mol. The lowest BCUT2D eigenvalue weighted by molar-refractivity contribution is -0.147. The first-order chi connectivity index (χ1) is 14.3. The van der Waals surface area contributed by atoms with Gasteiger partial charge in [0.05, 0.1) is 32.7 Å². The van der Waals surface area contributed by atoms with Crippen LogP contribution in [-0.2, 0) is 14.3 Å². The molecule has 0 unspecified atom stereocenters. The zero-order valence-electron chi connectivity index (χ0n) is 15.3. The predicted octanol–water partition coefficient (Wildman–Crippen LogP) is 3.82. The van der Waals surface area contributed by atoms with E-state index < -0.39 is 24.4 Å². The number of anilines is 1. The third-order valence-corrected chi connectivity index (χ3v) is 4.98. The summed E-state index contributed by atoms with van der Waals surface area (Å²) < 4.78 is 4.89. The molecule has 0 bridgehead atoms. The molecule has 0 aliphatic rings. The molecule has 0 fully saturated rings. The molecule has 30 heavy (non-hydrogen) atoms. The Morgan fingerprint density at radius 1 is 1.03 bits per heavy atom. The lowest BCUT2D eigenvalue weighted by atomic mass is 10.2. The maximum Gasteiger partial charge on any atom is 0.308 e. The number of carbonyl (C=O) groups excluding carboxylic acids is 3. The molecule has 8 nitrogen and oxygen atoms in total. The quantitative estimate of drug-likeness (QED) is 0.359. The van der Waals surface area contributed by atoms with Crippen LogP contribution in [0.1, 0.15) is 16.9 Å². The van der Waals surface area contributed by atoms with E-state index in [1.165, 1.54) is 12.1 Å². The van der Waals surface area contributed by atoms with E-state index in [0.29, 0.717) is 5.39 Å². The highest BCUT2D eigenvalue weighted by atomic mass is 35.5. The fraction of sp³-hybridized carbons (Fsp3) is 0.158. The Bertz CT molecular complexity index is 1120. The highest BCUT2D eigenvalue weighted by Crippen LogP contribution is 2.32. The van der Waals surface area contributed by atoms with E-state index in [9.17, 15) is 14.4 Å². The number of para-hydroxylation sites is 1. The van der Waals surface area contributed by atoms with Crippen LogP contribution in [0, 0.1) is 0 Å². The number of nitrogens with zero attached hydrogens (tertiary/aromatic N) is 1. The number of benzene rings is 2. The summed E-state index contributed by atoms with van der Waals surface area (Å²) in [6, 6.07) is 9.96. The number of H-pyrrole nitrogens is 1. The van der Waals surface area contributed by atoms with Crippen LogP contribution in [0.2, 0.25) is 15.1 Å². The number of rotatable bonds is 7. The zero-order valence-corrected chi connectivity index (χ0v) is 17.6. The molecule has 0 spiro atoms. The van der Waals surface area contributed by atoms with Gasteiger partial charge in [-0.3, -0.25) is 19.5 Å². The number of carbonyl (C=O) groups is 3. The van der Waals surface area contributed by atoms with E-state index in [1.807, 2.05) is 6.07 Å². The first-order valence-electron chi connectivity index (χ1n) is 8.66. The molecule has 0 saturated heterocycles. The highest BCUT2D eigenvalue weighted by molar-refractivity contribution is 6.44. The van der Waals surface area contributed by atoms with Crippen LogP contribution >= 0.6 is 34.8 Å². The Morgan fingerprint density at radius 2 is 1.77 bits per heavy atom. The normalized spacial score (nSPS) is 10.6. The van der Waals surface area contributed by atoms with E-state index in [-0.39, 0.29) is 39.4 Å². The van der Waals surface area contributed by atoms with Crippen molar-refractivity contribution in [3.8, 4) is 0 Å². The summed E-state index contributed by atoms with van der Waals surface area (Å²) in [5.41, 5.74) is 1.21. The van der Waals surface area contributed by atoms with Crippen molar-refractivity contribution in [1.29, 1.82) is 0 Å². The highest BCUT2D eigenvalue weighted by Gasteiger charge is 2.15. The summed E-state index contributed by atoms with van der Waals surface area (Å²) in [6.45, 7) is -0.494. The van der Waals surface area contributed by atoms with Gasteiger partial charge in [-0.2, -0.15) is 5.10 Å². The molecule has 11 heteroatoms. The number of aromatic nitrogens is 2. The number of aromatic amines is 1. The number of hydrogen-bond acceptors (Lipinski definition) is 5. The molecule has 0 aliphatic heterocycles. The molecule has 3 rings (SSSR count). The summed E-state index contributed by atoms with van der Waals surface area (Å²) in [5.74, 6) is -1.68. The third kappa shape index (κ3) is 5.41. The summed E-state index contributed by atoms with van der Waals surface area (Å²) in [6.07, 6.45) is -0.116. The Kier molecular flexibility index (Phi) is 7.15. The van der Waals surface area contributed by atoms with Gasteiger partial charge in [0.15, 0.2) is 12.3 Å². The van der Waals surface area contributed by atoms with Crippen LogP contribution in [-0.4, -0.2) is 41.1 Å². The van der Waals surface area contributed by atoms with Crippen molar-refractivity contribution in [2.75, 3.05) is 18.5 Å². The molecule has 2 aromatic carbocycles. The molecule has 0 saturated carbocycles. The number of esters is 1. The van der Waals surface area contributed by atoms with Crippen molar-refractivity contribution in [2.45, 2.75) is 6.42 Å². The van der Waals surface area contributed by atoms with Crippen molar-refractivity contribution >= 4 is 69.2 Å². The van der Waals surface area contributed by atoms with Gasteiger partial charge in [-0.25, -0.2) is 0 Å². The molecule has 2 amide bonds. The summed E-state index contributed by atoms with van der Waals surface area (Å²) in [7, 11) is 0. The first kappa shape index (κ1) is 21.9. The number of fused-ring (bicyclic) bond motifs is 1. The molecule has 156 valence electrons. The fourth-order valence-electron chi connectivity index (χ4n) is 2.52. The number of hydrogen-bond donors (Lipinski definition) is 3.